The number of anilines is 1. The van der Waals surface area contributed by atoms with E-state index in [1.54, 1.807) is 24.1 Å². The molecule has 3 amide bonds. The molecule has 0 aromatic heterocycles. The van der Waals surface area contributed by atoms with Gasteiger partial charge in [0.05, 0.1) is 7.11 Å². The Labute approximate surface area is 176 Å². The van der Waals surface area contributed by atoms with Gasteiger partial charge in [-0.05, 0) is 61.1 Å². The molecular formula is C23H28FN3O3. The Balaban J connectivity index is 1.40. The first-order valence-corrected chi connectivity index (χ1v) is 10.2. The molecular weight excluding hydrogens is 385 g/mol. The Morgan fingerprint density at radius 1 is 1.20 bits per heavy atom. The summed E-state index contributed by atoms with van der Waals surface area (Å²) in [6.07, 6.45) is 3.06. The number of nitrogens with zero attached hydrogens (tertiary/aromatic N) is 1. The van der Waals surface area contributed by atoms with Gasteiger partial charge in [-0.2, -0.15) is 0 Å². The molecule has 1 fully saturated rings. The number of carbonyl (C=O) groups excluding carboxylic acids is 2. The van der Waals surface area contributed by atoms with E-state index in [0.717, 1.165) is 30.6 Å². The number of methoxy groups -OCH3 is 1. The van der Waals surface area contributed by atoms with Crippen molar-refractivity contribution >= 4 is 17.6 Å². The van der Waals surface area contributed by atoms with Gasteiger partial charge in [-0.15, -0.1) is 0 Å². The van der Waals surface area contributed by atoms with Gasteiger partial charge in [0.15, 0.2) is 0 Å². The van der Waals surface area contributed by atoms with Crippen LogP contribution in [0.3, 0.4) is 0 Å². The number of ether oxygens (including phenoxy) is 1. The summed E-state index contributed by atoms with van der Waals surface area (Å²) in [5.41, 5.74) is 1.46. The van der Waals surface area contributed by atoms with Gasteiger partial charge in [-0.1, -0.05) is 18.2 Å². The predicted molar refractivity (Wildman–Crippen MR) is 114 cm³/mol. The Morgan fingerprint density at radius 3 is 2.73 bits per heavy atom. The maximum absolute atomic E-state index is 13.3. The van der Waals surface area contributed by atoms with Crippen LogP contribution in [0.4, 0.5) is 14.9 Å². The van der Waals surface area contributed by atoms with Crippen LogP contribution < -0.4 is 15.4 Å². The lowest BCUT2D eigenvalue weighted by molar-refractivity contribution is -0.121. The summed E-state index contributed by atoms with van der Waals surface area (Å²) in [6, 6.07) is 13.2. The van der Waals surface area contributed by atoms with Gasteiger partial charge in [0.25, 0.3) is 0 Å². The molecule has 0 radical (unpaired) electrons. The van der Waals surface area contributed by atoms with Crippen molar-refractivity contribution < 1.29 is 18.7 Å². The Hall–Kier alpha value is -3.09. The number of amides is 3. The second-order valence-electron chi connectivity index (χ2n) is 7.56. The molecule has 1 unspecified atom stereocenters. The third kappa shape index (κ3) is 6.47. The van der Waals surface area contributed by atoms with Crippen molar-refractivity contribution in [3.8, 4) is 5.75 Å². The third-order valence-corrected chi connectivity index (χ3v) is 5.31. The highest BCUT2D eigenvalue weighted by molar-refractivity contribution is 5.89. The average molecular weight is 413 g/mol. The number of carbonyl (C=O) groups is 2. The second kappa shape index (κ2) is 10.6. The fourth-order valence-corrected chi connectivity index (χ4v) is 3.62. The van der Waals surface area contributed by atoms with E-state index in [2.05, 4.69) is 10.6 Å². The molecule has 30 heavy (non-hydrogen) atoms. The number of rotatable bonds is 7. The maximum atomic E-state index is 13.3. The molecule has 7 heteroatoms. The smallest absolute Gasteiger partial charge is 0.321 e. The molecule has 0 bridgehead atoms. The van der Waals surface area contributed by atoms with Crippen molar-refractivity contribution in [3.05, 3.63) is 59.9 Å². The van der Waals surface area contributed by atoms with Crippen LogP contribution in [0.5, 0.6) is 5.75 Å². The first-order valence-electron chi connectivity index (χ1n) is 10.2. The van der Waals surface area contributed by atoms with Crippen LogP contribution in [-0.2, 0) is 11.3 Å². The highest BCUT2D eigenvalue weighted by Crippen LogP contribution is 2.22. The quantitative estimate of drug-likeness (QED) is 0.716. The van der Waals surface area contributed by atoms with Gasteiger partial charge in [0, 0.05) is 31.7 Å². The molecule has 0 spiro atoms. The Morgan fingerprint density at radius 2 is 2.00 bits per heavy atom. The third-order valence-electron chi connectivity index (χ3n) is 5.31. The molecule has 3 rings (SSSR count). The van der Waals surface area contributed by atoms with Gasteiger partial charge in [-0.3, -0.25) is 4.79 Å². The molecule has 160 valence electrons. The van der Waals surface area contributed by atoms with E-state index in [-0.39, 0.29) is 23.7 Å². The van der Waals surface area contributed by atoms with Gasteiger partial charge in [-0.25, -0.2) is 9.18 Å². The second-order valence-corrected chi connectivity index (χ2v) is 7.56. The molecule has 0 saturated carbocycles. The monoisotopic (exact) mass is 413 g/mol. The van der Waals surface area contributed by atoms with E-state index >= 15 is 0 Å². The standard InChI is InChI=1S/C23H28FN3O3/c1-30-21-10-7-17(8-11-21)15-25-22(28)12-9-18-4-3-13-27(16-18)23(29)26-20-6-2-5-19(24)14-20/h2,5-8,10-11,14,18H,3-4,9,12-13,15-16H2,1H3,(H,25,28)(H,26,29). The summed E-state index contributed by atoms with van der Waals surface area (Å²) in [5, 5.41) is 5.68. The molecule has 2 aromatic carbocycles. The summed E-state index contributed by atoms with van der Waals surface area (Å²) in [4.78, 5) is 26.4. The number of hydrogen-bond donors (Lipinski definition) is 2. The summed E-state index contributed by atoms with van der Waals surface area (Å²) in [6.45, 7) is 1.75. The number of urea groups is 1. The minimum absolute atomic E-state index is 0.00662. The van der Waals surface area contributed by atoms with Crippen LogP contribution in [0.25, 0.3) is 0 Å². The number of nitrogens with one attached hydrogen (secondary N) is 2. The Bertz CT molecular complexity index is 857. The molecule has 1 aliphatic rings. The van der Waals surface area contributed by atoms with Crippen molar-refractivity contribution in [2.24, 2.45) is 5.92 Å². The minimum atomic E-state index is -0.384. The van der Waals surface area contributed by atoms with Crippen LogP contribution >= 0.6 is 0 Å². The van der Waals surface area contributed by atoms with Gasteiger partial charge in [0.2, 0.25) is 5.91 Å². The van der Waals surface area contributed by atoms with E-state index < -0.39 is 0 Å². The predicted octanol–water partition coefficient (Wildman–Crippen LogP) is 4.17. The number of halogens is 1. The van der Waals surface area contributed by atoms with Crippen LogP contribution in [0, 0.1) is 11.7 Å². The first kappa shape index (κ1) is 21.6. The maximum Gasteiger partial charge on any atom is 0.321 e. The zero-order valence-electron chi connectivity index (χ0n) is 17.2. The zero-order chi connectivity index (χ0) is 21.3. The zero-order valence-corrected chi connectivity index (χ0v) is 17.2. The fraction of sp³-hybridized carbons (Fsp3) is 0.391. The highest BCUT2D eigenvalue weighted by atomic mass is 19.1. The summed E-state index contributed by atoms with van der Waals surface area (Å²) in [7, 11) is 1.62. The van der Waals surface area contributed by atoms with Crippen LogP contribution in [-0.4, -0.2) is 37.0 Å². The van der Waals surface area contributed by atoms with Gasteiger partial charge < -0.3 is 20.3 Å². The normalized spacial score (nSPS) is 16.1. The lowest BCUT2D eigenvalue weighted by Crippen LogP contribution is -2.42. The van der Waals surface area contributed by atoms with Gasteiger partial charge >= 0.3 is 6.03 Å². The highest BCUT2D eigenvalue weighted by Gasteiger charge is 2.24. The topological polar surface area (TPSA) is 70.7 Å². The number of likely N-dealkylation sites (tertiary alicyclic amines) is 1. The average Bonchev–Trinajstić information content (AvgIpc) is 2.77. The van der Waals surface area contributed by atoms with E-state index in [4.69, 9.17) is 4.74 Å². The van der Waals surface area contributed by atoms with Crippen LogP contribution in [0.2, 0.25) is 0 Å². The van der Waals surface area contributed by atoms with Gasteiger partial charge in [0.1, 0.15) is 11.6 Å². The summed E-state index contributed by atoms with van der Waals surface area (Å²) >= 11 is 0. The van der Waals surface area contributed by atoms with Crippen molar-refractivity contribution in [1.29, 1.82) is 0 Å². The van der Waals surface area contributed by atoms with Crippen molar-refractivity contribution in [3.63, 3.8) is 0 Å². The SMILES string of the molecule is COc1ccc(CNC(=O)CCC2CCCN(C(=O)Nc3cccc(F)c3)C2)cc1. The molecule has 2 N–H and O–H groups in total. The molecule has 2 aromatic rings. The lowest BCUT2D eigenvalue weighted by atomic mass is 9.93. The minimum Gasteiger partial charge on any atom is -0.497 e. The number of piperidine rings is 1. The lowest BCUT2D eigenvalue weighted by Gasteiger charge is -2.32. The fourth-order valence-electron chi connectivity index (χ4n) is 3.62. The largest absolute Gasteiger partial charge is 0.497 e. The molecule has 0 aliphatic carbocycles. The number of hydrogen-bond acceptors (Lipinski definition) is 3. The van der Waals surface area contributed by atoms with E-state index in [1.165, 1.54) is 12.1 Å². The van der Waals surface area contributed by atoms with E-state index in [1.807, 2.05) is 24.3 Å². The van der Waals surface area contributed by atoms with E-state index in [9.17, 15) is 14.0 Å². The molecule has 1 aliphatic heterocycles. The Kier molecular flexibility index (Phi) is 7.65. The van der Waals surface area contributed by atoms with Crippen molar-refractivity contribution in [2.75, 3.05) is 25.5 Å². The summed E-state index contributed by atoms with van der Waals surface area (Å²) < 4.78 is 18.4. The number of benzene rings is 2. The molecule has 1 atom stereocenters. The van der Waals surface area contributed by atoms with Crippen molar-refractivity contribution in [2.45, 2.75) is 32.2 Å². The molecule has 6 nitrogen and oxygen atoms in total. The van der Waals surface area contributed by atoms with Crippen LogP contribution in [0.1, 0.15) is 31.2 Å². The van der Waals surface area contributed by atoms with Crippen LogP contribution in [0.15, 0.2) is 48.5 Å². The molecule has 1 heterocycles. The summed E-state index contributed by atoms with van der Waals surface area (Å²) in [5.74, 6) is 0.689. The van der Waals surface area contributed by atoms with E-state index in [0.29, 0.717) is 31.7 Å². The molecule has 1 saturated heterocycles. The van der Waals surface area contributed by atoms with Crippen molar-refractivity contribution in [1.82, 2.24) is 10.2 Å². The first-order chi connectivity index (χ1) is 14.5.